The Kier molecular flexibility index (Phi) is 7.46. The van der Waals surface area contributed by atoms with E-state index in [0.717, 1.165) is 23.6 Å². The van der Waals surface area contributed by atoms with Crippen LogP contribution in [0.5, 0.6) is 0 Å². The van der Waals surface area contributed by atoms with Crippen LogP contribution in [0.15, 0.2) is 53.4 Å². The maximum atomic E-state index is 12.0. The maximum Gasteiger partial charge on any atom is 0.251 e. The van der Waals surface area contributed by atoms with Gasteiger partial charge < -0.3 is 11.1 Å². The first-order valence-electron chi connectivity index (χ1n) is 7.64. The van der Waals surface area contributed by atoms with Gasteiger partial charge in [0.25, 0.3) is 5.91 Å². The molecule has 0 aliphatic rings. The number of rotatable bonds is 8. The number of unbranched alkanes of at least 4 members (excludes halogenated alkanes) is 1. The van der Waals surface area contributed by atoms with Crippen molar-refractivity contribution in [2.75, 3.05) is 13.1 Å². The molecule has 0 spiro atoms. The summed E-state index contributed by atoms with van der Waals surface area (Å²) in [6.45, 7) is 1.33. The van der Waals surface area contributed by atoms with Crippen LogP contribution in [0.25, 0.3) is 0 Å². The van der Waals surface area contributed by atoms with Gasteiger partial charge in [-0.2, -0.15) is 0 Å². The highest BCUT2D eigenvalue weighted by Crippen LogP contribution is 2.24. The zero-order chi connectivity index (χ0) is 16.5. The van der Waals surface area contributed by atoms with Crippen LogP contribution < -0.4 is 11.1 Å². The quantitative estimate of drug-likeness (QED) is 0.557. The molecule has 0 heterocycles. The second-order valence-corrected chi connectivity index (χ2v) is 6.68. The second kappa shape index (κ2) is 9.60. The van der Waals surface area contributed by atoms with E-state index in [9.17, 15) is 4.79 Å². The van der Waals surface area contributed by atoms with Gasteiger partial charge in [0.1, 0.15) is 0 Å². The van der Waals surface area contributed by atoms with Crippen LogP contribution in [-0.2, 0) is 5.75 Å². The number of amides is 1. The van der Waals surface area contributed by atoms with Crippen LogP contribution >= 0.6 is 23.4 Å². The lowest BCUT2D eigenvalue weighted by atomic mass is 10.1. The van der Waals surface area contributed by atoms with E-state index >= 15 is 0 Å². The Morgan fingerprint density at radius 2 is 1.74 bits per heavy atom. The lowest BCUT2D eigenvalue weighted by Gasteiger charge is -2.06. The Hall–Kier alpha value is -1.49. The zero-order valence-corrected chi connectivity index (χ0v) is 14.5. The van der Waals surface area contributed by atoms with E-state index < -0.39 is 0 Å². The van der Waals surface area contributed by atoms with Gasteiger partial charge in [-0.1, -0.05) is 23.7 Å². The molecule has 0 aliphatic carbocycles. The number of thioether (sulfide) groups is 1. The van der Waals surface area contributed by atoms with Gasteiger partial charge in [-0.05, 0) is 61.3 Å². The molecule has 2 aromatic carbocycles. The number of carbonyl (C=O) groups is 1. The molecule has 3 N–H and O–H groups in total. The minimum atomic E-state index is -0.0288. The second-order valence-electron chi connectivity index (χ2n) is 5.19. The van der Waals surface area contributed by atoms with Gasteiger partial charge >= 0.3 is 0 Å². The van der Waals surface area contributed by atoms with Gasteiger partial charge in [0.05, 0.1) is 0 Å². The first-order chi connectivity index (χ1) is 11.2. The van der Waals surface area contributed by atoms with Gasteiger partial charge in [-0.3, -0.25) is 4.79 Å². The molecule has 2 aromatic rings. The molecule has 1 amide bonds. The van der Waals surface area contributed by atoms with Crippen molar-refractivity contribution >= 4 is 29.3 Å². The number of nitrogens with one attached hydrogen (secondary N) is 1. The molecular formula is C18H21ClN2OS. The van der Waals surface area contributed by atoms with Gasteiger partial charge in [0, 0.05) is 27.8 Å². The smallest absolute Gasteiger partial charge is 0.251 e. The Bertz CT molecular complexity index is 614. The van der Waals surface area contributed by atoms with E-state index in [1.54, 1.807) is 11.8 Å². The normalized spacial score (nSPS) is 10.5. The number of nitrogens with two attached hydrogens (primary N) is 1. The Labute approximate surface area is 146 Å². The molecule has 0 saturated carbocycles. The minimum Gasteiger partial charge on any atom is -0.352 e. The third-order valence-electron chi connectivity index (χ3n) is 3.35. The van der Waals surface area contributed by atoms with Crippen LogP contribution in [-0.4, -0.2) is 19.0 Å². The summed E-state index contributed by atoms with van der Waals surface area (Å²) in [5.41, 5.74) is 7.31. The van der Waals surface area contributed by atoms with E-state index in [0.29, 0.717) is 18.7 Å². The fraction of sp³-hybridized carbons (Fsp3) is 0.278. The molecule has 0 bridgehead atoms. The van der Waals surface area contributed by atoms with Gasteiger partial charge in [-0.15, -0.1) is 11.8 Å². The number of halogens is 1. The monoisotopic (exact) mass is 348 g/mol. The summed E-state index contributed by atoms with van der Waals surface area (Å²) in [6.07, 6.45) is 1.85. The van der Waals surface area contributed by atoms with Crippen molar-refractivity contribution in [1.29, 1.82) is 0 Å². The Morgan fingerprint density at radius 3 is 2.39 bits per heavy atom. The lowest BCUT2D eigenvalue weighted by molar-refractivity contribution is 0.0953. The van der Waals surface area contributed by atoms with Crippen molar-refractivity contribution in [2.45, 2.75) is 23.5 Å². The van der Waals surface area contributed by atoms with Crippen LogP contribution in [0.4, 0.5) is 0 Å². The third kappa shape index (κ3) is 6.26. The van der Waals surface area contributed by atoms with Crippen molar-refractivity contribution < 1.29 is 4.79 Å². The fourth-order valence-electron chi connectivity index (χ4n) is 2.02. The van der Waals surface area contributed by atoms with Crippen LogP contribution in [0, 0.1) is 0 Å². The van der Waals surface area contributed by atoms with Crippen LogP contribution in [0.1, 0.15) is 28.8 Å². The summed E-state index contributed by atoms with van der Waals surface area (Å²) < 4.78 is 0. The first-order valence-corrected chi connectivity index (χ1v) is 9.01. The third-order valence-corrected chi connectivity index (χ3v) is 4.69. The van der Waals surface area contributed by atoms with Crippen LogP contribution in [0.2, 0.25) is 5.02 Å². The number of benzene rings is 2. The summed E-state index contributed by atoms with van der Waals surface area (Å²) >= 11 is 7.62. The molecule has 0 aromatic heterocycles. The van der Waals surface area contributed by atoms with E-state index in [1.165, 1.54) is 10.5 Å². The van der Waals surface area contributed by atoms with E-state index in [4.69, 9.17) is 17.3 Å². The van der Waals surface area contributed by atoms with Crippen molar-refractivity contribution in [3.63, 3.8) is 0 Å². The number of carbonyl (C=O) groups excluding carboxylic acids is 1. The number of hydrogen-bond donors (Lipinski definition) is 2. The summed E-state index contributed by atoms with van der Waals surface area (Å²) in [5, 5.41) is 3.65. The molecule has 0 radical (unpaired) electrons. The SMILES string of the molecule is NCCCCNC(=O)c1ccc(CSc2ccc(Cl)cc2)cc1. The molecule has 3 nitrogen and oxygen atoms in total. The molecule has 23 heavy (non-hydrogen) atoms. The Morgan fingerprint density at radius 1 is 1.04 bits per heavy atom. The molecule has 0 saturated heterocycles. The zero-order valence-electron chi connectivity index (χ0n) is 12.9. The predicted molar refractivity (Wildman–Crippen MR) is 98.1 cm³/mol. The van der Waals surface area contributed by atoms with Crippen molar-refractivity contribution in [2.24, 2.45) is 5.73 Å². The molecular weight excluding hydrogens is 328 g/mol. The number of hydrogen-bond acceptors (Lipinski definition) is 3. The van der Waals surface area contributed by atoms with E-state index in [2.05, 4.69) is 5.32 Å². The van der Waals surface area contributed by atoms with Gasteiger partial charge in [0.15, 0.2) is 0 Å². The standard InChI is InChI=1S/C18H21ClN2OS/c19-16-7-9-17(10-8-16)23-13-14-3-5-15(6-4-14)18(22)21-12-2-1-11-20/h3-10H,1-2,11-13,20H2,(H,21,22). The molecule has 0 unspecified atom stereocenters. The van der Waals surface area contributed by atoms with Crippen molar-refractivity contribution in [1.82, 2.24) is 5.32 Å². The topological polar surface area (TPSA) is 55.1 Å². The summed E-state index contributed by atoms with van der Waals surface area (Å²) in [7, 11) is 0. The molecule has 0 aliphatic heterocycles. The molecule has 0 fully saturated rings. The van der Waals surface area contributed by atoms with E-state index in [-0.39, 0.29) is 5.91 Å². The van der Waals surface area contributed by atoms with Gasteiger partial charge in [0.2, 0.25) is 0 Å². The molecule has 122 valence electrons. The molecule has 2 rings (SSSR count). The molecule has 5 heteroatoms. The fourth-order valence-corrected chi connectivity index (χ4v) is 3.00. The average molecular weight is 349 g/mol. The lowest BCUT2D eigenvalue weighted by Crippen LogP contribution is -2.24. The summed E-state index contributed by atoms with van der Waals surface area (Å²) in [4.78, 5) is 13.1. The largest absolute Gasteiger partial charge is 0.352 e. The summed E-state index contributed by atoms with van der Waals surface area (Å²) in [5.74, 6) is 0.832. The maximum absolute atomic E-state index is 12.0. The summed E-state index contributed by atoms with van der Waals surface area (Å²) in [6, 6.07) is 15.5. The minimum absolute atomic E-state index is 0.0288. The van der Waals surface area contributed by atoms with E-state index in [1.807, 2.05) is 48.5 Å². The highest BCUT2D eigenvalue weighted by molar-refractivity contribution is 7.98. The van der Waals surface area contributed by atoms with Crippen molar-refractivity contribution in [3.8, 4) is 0 Å². The van der Waals surface area contributed by atoms with Gasteiger partial charge in [-0.25, -0.2) is 0 Å². The average Bonchev–Trinajstić information content (AvgIpc) is 2.58. The molecule has 0 atom stereocenters. The predicted octanol–water partition coefficient (Wildman–Crippen LogP) is 4.10. The first kappa shape index (κ1) is 17.9. The highest BCUT2D eigenvalue weighted by atomic mass is 35.5. The van der Waals surface area contributed by atoms with Crippen molar-refractivity contribution in [3.05, 3.63) is 64.7 Å². The Balaban J connectivity index is 1.81. The highest BCUT2D eigenvalue weighted by Gasteiger charge is 2.04. The van der Waals surface area contributed by atoms with Crippen LogP contribution in [0.3, 0.4) is 0 Å².